The number of nitrogens with zero attached hydrogens (tertiary/aromatic N) is 1. The second kappa shape index (κ2) is 5.38. The third-order valence-electron chi connectivity index (χ3n) is 2.39. The molecular formula is C12H16N2O. The van der Waals surface area contributed by atoms with E-state index in [0.29, 0.717) is 11.5 Å². The first-order valence-electron chi connectivity index (χ1n) is 5.05. The van der Waals surface area contributed by atoms with Gasteiger partial charge in [-0.1, -0.05) is 26.0 Å². The highest BCUT2D eigenvalue weighted by Gasteiger charge is 2.12. The van der Waals surface area contributed by atoms with Gasteiger partial charge >= 0.3 is 0 Å². The second-order valence-electron chi connectivity index (χ2n) is 3.83. The molecular weight excluding hydrogens is 188 g/mol. The van der Waals surface area contributed by atoms with Crippen LogP contribution in [0.25, 0.3) is 0 Å². The van der Waals surface area contributed by atoms with E-state index in [4.69, 9.17) is 5.26 Å². The molecule has 1 atom stereocenters. The number of para-hydroxylation sites is 1. The van der Waals surface area contributed by atoms with Crippen molar-refractivity contribution in [3.63, 3.8) is 0 Å². The summed E-state index contributed by atoms with van der Waals surface area (Å²) in [5.41, 5.74) is 1.39. The molecule has 15 heavy (non-hydrogen) atoms. The molecule has 0 aliphatic carbocycles. The van der Waals surface area contributed by atoms with E-state index in [-0.39, 0.29) is 12.6 Å². The Kier molecular flexibility index (Phi) is 4.14. The maximum Gasteiger partial charge on any atom is 0.101 e. The third kappa shape index (κ3) is 2.97. The summed E-state index contributed by atoms with van der Waals surface area (Å²) in [5.74, 6) is 0.321. The van der Waals surface area contributed by atoms with Gasteiger partial charge in [-0.15, -0.1) is 0 Å². The van der Waals surface area contributed by atoms with Crippen molar-refractivity contribution >= 4 is 5.69 Å². The molecule has 0 aliphatic heterocycles. The highest BCUT2D eigenvalue weighted by molar-refractivity contribution is 5.57. The number of benzene rings is 1. The van der Waals surface area contributed by atoms with Crippen molar-refractivity contribution in [2.45, 2.75) is 19.9 Å². The molecule has 1 rings (SSSR count). The average molecular weight is 204 g/mol. The van der Waals surface area contributed by atoms with Crippen LogP contribution < -0.4 is 5.32 Å². The zero-order chi connectivity index (χ0) is 11.3. The topological polar surface area (TPSA) is 56.0 Å². The fourth-order valence-corrected chi connectivity index (χ4v) is 1.33. The van der Waals surface area contributed by atoms with Crippen LogP contribution in [0.15, 0.2) is 24.3 Å². The van der Waals surface area contributed by atoms with Gasteiger partial charge in [0.05, 0.1) is 23.9 Å². The third-order valence-corrected chi connectivity index (χ3v) is 2.39. The smallest absolute Gasteiger partial charge is 0.101 e. The van der Waals surface area contributed by atoms with E-state index >= 15 is 0 Å². The number of nitriles is 1. The van der Waals surface area contributed by atoms with Crippen molar-refractivity contribution in [1.29, 1.82) is 5.26 Å². The first kappa shape index (κ1) is 11.5. The Morgan fingerprint density at radius 3 is 2.60 bits per heavy atom. The van der Waals surface area contributed by atoms with Gasteiger partial charge in [-0.2, -0.15) is 5.26 Å². The summed E-state index contributed by atoms with van der Waals surface area (Å²) in [5, 5.41) is 21.2. The van der Waals surface area contributed by atoms with Gasteiger partial charge in [0.2, 0.25) is 0 Å². The Morgan fingerprint density at radius 1 is 1.40 bits per heavy atom. The van der Waals surface area contributed by atoms with Gasteiger partial charge < -0.3 is 10.4 Å². The van der Waals surface area contributed by atoms with Crippen molar-refractivity contribution in [2.75, 3.05) is 11.9 Å². The molecule has 0 saturated carbocycles. The molecule has 1 aromatic rings. The lowest BCUT2D eigenvalue weighted by molar-refractivity contribution is 0.249. The number of hydrogen-bond donors (Lipinski definition) is 2. The molecule has 0 amide bonds. The van der Waals surface area contributed by atoms with Gasteiger partial charge in [0.1, 0.15) is 6.07 Å². The van der Waals surface area contributed by atoms with E-state index in [1.807, 2.05) is 32.0 Å². The van der Waals surface area contributed by atoms with Crippen LogP contribution in [0.3, 0.4) is 0 Å². The summed E-state index contributed by atoms with van der Waals surface area (Å²) in [6, 6.07) is 9.42. The molecule has 3 nitrogen and oxygen atoms in total. The first-order valence-corrected chi connectivity index (χ1v) is 5.05. The molecule has 0 fully saturated rings. The lowest BCUT2D eigenvalue weighted by Crippen LogP contribution is -2.29. The van der Waals surface area contributed by atoms with Crippen molar-refractivity contribution < 1.29 is 5.11 Å². The van der Waals surface area contributed by atoms with Crippen molar-refractivity contribution in [3.8, 4) is 6.07 Å². The minimum absolute atomic E-state index is 0.0144. The minimum atomic E-state index is -0.0144. The molecule has 0 aromatic heterocycles. The van der Waals surface area contributed by atoms with Crippen molar-refractivity contribution in [2.24, 2.45) is 5.92 Å². The molecule has 1 unspecified atom stereocenters. The van der Waals surface area contributed by atoms with Gasteiger partial charge in [-0.05, 0) is 18.1 Å². The maximum atomic E-state index is 9.18. The number of aliphatic hydroxyl groups is 1. The van der Waals surface area contributed by atoms with E-state index in [9.17, 15) is 5.11 Å². The molecule has 3 heteroatoms. The quantitative estimate of drug-likeness (QED) is 0.788. The van der Waals surface area contributed by atoms with Crippen LogP contribution in [-0.2, 0) is 0 Å². The number of nitrogens with one attached hydrogen (secondary N) is 1. The van der Waals surface area contributed by atoms with Crippen LogP contribution in [0, 0.1) is 17.2 Å². The van der Waals surface area contributed by atoms with Gasteiger partial charge in [0.25, 0.3) is 0 Å². The standard InChI is InChI=1S/C12H16N2O/c1-9(2)12(8-15)14-11-6-4-3-5-10(11)7-13/h3-6,9,12,14-15H,8H2,1-2H3. The fourth-order valence-electron chi connectivity index (χ4n) is 1.33. The van der Waals surface area contributed by atoms with Crippen molar-refractivity contribution in [1.82, 2.24) is 0 Å². The van der Waals surface area contributed by atoms with Crippen molar-refractivity contribution in [3.05, 3.63) is 29.8 Å². The van der Waals surface area contributed by atoms with Crippen LogP contribution in [0.5, 0.6) is 0 Å². The van der Waals surface area contributed by atoms with Crippen LogP contribution in [-0.4, -0.2) is 17.8 Å². The second-order valence-corrected chi connectivity index (χ2v) is 3.83. The van der Waals surface area contributed by atoms with Gasteiger partial charge in [-0.25, -0.2) is 0 Å². The Balaban J connectivity index is 2.84. The molecule has 0 saturated heterocycles. The highest BCUT2D eigenvalue weighted by Crippen LogP contribution is 2.17. The van der Waals surface area contributed by atoms with E-state index in [0.717, 1.165) is 5.69 Å². The molecule has 0 aliphatic rings. The predicted molar refractivity (Wildman–Crippen MR) is 60.5 cm³/mol. The predicted octanol–water partition coefficient (Wildman–Crippen LogP) is 1.99. The normalized spacial score (nSPS) is 12.2. The molecule has 0 spiro atoms. The van der Waals surface area contributed by atoms with Crippen LogP contribution in [0.2, 0.25) is 0 Å². The number of rotatable bonds is 4. The van der Waals surface area contributed by atoms with E-state index in [1.54, 1.807) is 6.07 Å². The molecule has 2 N–H and O–H groups in total. The summed E-state index contributed by atoms with van der Waals surface area (Å²) in [4.78, 5) is 0. The Hall–Kier alpha value is -1.53. The number of hydrogen-bond acceptors (Lipinski definition) is 3. The molecule has 80 valence electrons. The van der Waals surface area contributed by atoms with Gasteiger partial charge in [0, 0.05) is 0 Å². The summed E-state index contributed by atoms with van der Waals surface area (Å²) < 4.78 is 0. The molecule has 0 heterocycles. The average Bonchev–Trinajstić information content (AvgIpc) is 2.25. The number of anilines is 1. The van der Waals surface area contributed by atoms with Gasteiger partial charge in [-0.3, -0.25) is 0 Å². The highest BCUT2D eigenvalue weighted by atomic mass is 16.3. The molecule has 0 radical (unpaired) electrons. The first-order chi connectivity index (χ1) is 7.19. The summed E-state index contributed by atoms with van der Waals surface area (Å²) >= 11 is 0. The van der Waals surface area contributed by atoms with E-state index in [1.165, 1.54) is 0 Å². The Morgan fingerprint density at radius 2 is 2.07 bits per heavy atom. The SMILES string of the molecule is CC(C)C(CO)Nc1ccccc1C#N. The van der Waals surface area contributed by atoms with Crippen LogP contribution in [0.1, 0.15) is 19.4 Å². The molecule has 1 aromatic carbocycles. The van der Waals surface area contributed by atoms with Gasteiger partial charge in [0.15, 0.2) is 0 Å². The van der Waals surface area contributed by atoms with Crippen LogP contribution in [0.4, 0.5) is 5.69 Å². The maximum absolute atomic E-state index is 9.18. The zero-order valence-corrected chi connectivity index (χ0v) is 9.07. The monoisotopic (exact) mass is 204 g/mol. The fraction of sp³-hybridized carbons (Fsp3) is 0.417. The number of aliphatic hydroxyl groups excluding tert-OH is 1. The summed E-state index contributed by atoms with van der Waals surface area (Å²) in [6.07, 6.45) is 0. The van der Waals surface area contributed by atoms with E-state index < -0.39 is 0 Å². The lowest BCUT2D eigenvalue weighted by atomic mass is 10.0. The summed E-state index contributed by atoms with van der Waals surface area (Å²) in [6.45, 7) is 4.13. The summed E-state index contributed by atoms with van der Waals surface area (Å²) in [7, 11) is 0. The van der Waals surface area contributed by atoms with Crippen LogP contribution >= 0.6 is 0 Å². The zero-order valence-electron chi connectivity index (χ0n) is 9.07. The Labute approximate surface area is 90.4 Å². The lowest BCUT2D eigenvalue weighted by Gasteiger charge is -2.21. The Bertz CT molecular complexity index is 355. The largest absolute Gasteiger partial charge is 0.394 e. The van der Waals surface area contributed by atoms with E-state index in [2.05, 4.69) is 11.4 Å². The minimum Gasteiger partial charge on any atom is -0.394 e. The molecule has 0 bridgehead atoms.